The Hall–Kier alpha value is -0.770. The lowest BCUT2D eigenvalue weighted by Crippen LogP contribution is -2.59. The highest BCUT2D eigenvalue weighted by Crippen LogP contribution is 2.25. The molecule has 280 valence electrons. The van der Waals surface area contributed by atoms with E-state index in [0.29, 0.717) is 12.8 Å². The van der Waals surface area contributed by atoms with Gasteiger partial charge >= 0.3 is 5.97 Å². The second kappa shape index (κ2) is 30.1. The van der Waals surface area contributed by atoms with Gasteiger partial charge in [0.1, 0.15) is 31.0 Å². The Kier molecular flexibility index (Phi) is 28.3. The minimum atomic E-state index is -1.48. The van der Waals surface area contributed by atoms with Crippen molar-refractivity contribution in [2.45, 2.75) is 224 Å². The van der Waals surface area contributed by atoms with E-state index in [1.54, 1.807) is 0 Å². The third-order valence-corrected chi connectivity index (χ3v) is 10.0. The first kappa shape index (κ1) is 44.3. The zero-order valence-electron chi connectivity index (χ0n) is 30.8. The summed E-state index contributed by atoms with van der Waals surface area (Å²) in [7, 11) is 1.33. The van der Waals surface area contributed by atoms with Crippen LogP contribution in [0.3, 0.4) is 0 Å². The summed E-state index contributed by atoms with van der Waals surface area (Å²) in [5, 5.41) is 41.7. The summed E-state index contributed by atoms with van der Waals surface area (Å²) in [6, 6.07) is 0. The van der Waals surface area contributed by atoms with Gasteiger partial charge in [-0.25, -0.2) is 0 Å². The Bertz CT molecular complexity index is 704. The SMILES string of the molecule is CCCCCCCCCCCCCCC[C@@H](O)[C@@H](CCCCCCCCCCCCCC)C(=O)OC[C@H]1O[C@H](OC)[C@H](O)[C@@H](O)[C@@H]1O. The lowest BCUT2D eigenvalue weighted by Gasteiger charge is -2.39. The molecule has 8 nitrogen and oxygen atoms in total. The molecule has 0 unspecified atom stereocenters. The van der Waals surface area contributed by atoms with E-state index in [0.717, 1.165) is 38.5 Å². The van der Waals surface area contributed by atoms with Crippen molar-refractivity contribution < 1.29 is 39.4 Å². The number of methoxy groups -OCH3 is 1. The lowest BCUT2D eigenvalue weighted by molar-refractivity contribution is -0.295. The van der Waals surface area contributed by atoms with E-state index in [1.807, 2.05) is 0 Å². The van der Waals surface area contributed by atoms with Gasteiger partial charge in [-0.3, -0.25) is 4.79 Å². The summed E-state index contributed by atoms with van der Waals surface area (Å²) >= 11 is 0. The average molecular weight is 673 g/mol. The number of aliphatic hydroxyl groups is 4. The highest BCUT2D eigenvalue weighted by atomic mass is 16.7. The van der Waals surface area contributed by atoms with E-state index in [1.165, 1.54) is 129 Å². The molecule has 7 atom stereocenters. The first-order chi connectivity index (χ1) is 22.9. The van der Waals surface area contributed by atoms with E-state index in [-0.39, 0.29) is 6.61 Å². The Labute approximate surface area is 288 Å². The molecule has 47 heavy (non-hydrogen) atoms. The van der Waals surface area contributed by atoms with Crippen molar-refractivity contribution >= 4 is 5.97 Å². The number of hydrogen-bond donors (Lipinski definition) is 4. The number of hydrogen-bond acceptors (Lipinski definition) is 8. The minimum absolute atomic E-state index is 0.288. The van der Waals surface area contributed by atoms with Crippen LogP contribution in [0, 0.1) is 5.92 Å². The maximum atomic E-state index is 13.2. The van der Waals surface area contributed by atoms with Crippen molar-refractivity contribution in [2.24, 2.45) is 5.92 Å². The van der Waals surface area contributed by atoms with Crippen LogP contribution in [0.15, 0.2) is 0 Å². The molecule has 8 heteroatoms. The Morgan fingerprint density at radius 1 is 0.574 bits per heavy atom. The number of esters is 1. The van der Waals surface area contributed by atoms with E-state index in [2.05, 4.69) is 13.8 Å². The summed E-state index contributed by atoms with van der Waals surface area (Å²) < 4.78 is 16.1. The van der Waals surface area contributed by atoms with Gasteiger partial charge in [0.25, 0.3) is 0 Å². The fourth-order valence-electron chi connectivity index (χ4n) is 6.77. The molecule has 4 N–H and O–H groups in total. The van der Waals surface area contributed by atoms with E-state index in [4.69, 9.17) is 14.2 Å². The summed E-state index contributed by atoms with van der Waals surface area (Å²) in [6.07, 6.45) is 25.0. The summed E-state index contributed by atoms with van der Waals surface area (Å²) in [4.78, 5) is 13.2. The van der Waals surface area contributed by atoms with Gasteiger partial charge in [-0.15, -0.1) is 0 Å². The van der Waals surface area contributed by atoms with Crippen LogP contribution in [0.2, 0.25) is 0 Å². The topological polar surface area (TPSA) is 126 Å². The Morgan fingerprint density at radius 2 is 0.957 bits per heavy atom. The summed E-state index contributed by atoms with van der Waals surface area (Å²) in [6.45, 7) is 4.22. The highest BCUT2D eigenvalue weighted by molar-refractivity contribution is 5.73. The zero-order valence-corrected chi connectivity index (χ0v) is 30.8. The highest BCUT2D eigenvalue weighted by Gasteiger charge is 2.44. The molecule has 0 aromatic heterocycles. The van der Waals surface area contributed by atoms with E-state index >= 15 is 0 Å². The number of ether oxygens (including phenoxy) is 3. The second-order valence-corrected chi connectivity index (χ2v) is 14.3. The predicted octanol–water partition coefficient (Wildman–Crippen LogP) is 8.53. The third-order valence-electron chi connectivity index (χ3n) is 10.0. The van der Waals surface area contributed by atoms with Crippen molar-refractivity contribution in [3.05, 3.63) is 0 Å². The number of carbonyl (C=O) groups excluding carboxylic acids is 1. The first-order valence-electron chi connectivity index (χ1n) is 19.9. The molecular formula is C39H76O8. The van der Waals surface area contributed by atoms with Crippen molar-refractivity contribution in [2.75, 3.05) is 13.7 Å². The van der Waals surface area contributed by atoms with E-state index in [9.17, 15) is 25.2 Å². The van der Waals surface area contributed by atoms with Gasteiger partial charge in [0.2, 0.25) is 0 Å². The van der Waals surface area contributed by atoms with Crippen molar-refractivity contribution in [3.63, 3.8) is 0 Å². The molecule has 0 amide bonds. The molecule has 0 bridgehead atoms. The van der Waals surface area contributed by atoms with Gasteiger partial charge < -0.3 is 34.6 Å². The maximum absolute atomic E-state index is 13.2. The van der Waals surface area contributed by atoms with Gasteiger partial charge in [-0.1, -0.05) is 174 Å². The molecule has 1 fully saturated rings. The fraction of sp³-hybridized carbons (Fsp3) is 0.974. The molecule has 0 aromatic rings. The molecule has 1 aliphatic rings. The normalized spacial score (nSPS) is 22.7. The number of rotatable bonds is 32. The molecular weight excluding hydrogens is 596 g/mol. The minimum Gasteiger partial charge on any atom is -0.463 e. The van der Waals surface area contributed by atoms with Crippen LogP contribution in [0.5, 0.6) is 0 Å². The number of unbranched alkanes of at least 4 members (excludes halogenated alkanes) is 23. The molecule has 0 spiro atoms. The molecule has 1 rings (SSSR count). The van der Waals surface area contributed by atoms with Gasteiger partial charge in [0.15, 0.2) is 6.29 Å². The molecule has 1 aliphatic heterocycles. The average Bonchev–Trinajstić information content (AvgIpc) is 3.07. The quantitative estimate of drug-likeness (QED) is 0.0414. The van der Waals surface area contributed by atoms with Gasteiger partial charge in [-0.05, 0) is 12.8 Å². The molecule has 1 heterocycles. The molecule has 0 aliphatic carbocycles. The zero-order chi connectivity index (χ0) is 34.5. The van der Waals surface area contributed by atoms with Crippen molar-refractivity contribution in [1.82, 2.24) is 0 Å². The smallest absolute Gasteiger partial charge is 0.311 e. The van der Waals surface area contributed by atoms with Gasteiger partial charge in [0.05, 0.1) is 12.0 Å². The Balaban J connectivity index is 2.41. The molecule has 0 radical (unpaired) electrons. The van der Waals surface area contributed by atoms with Crippen molar-refractivity contribution in [1.29, 1.82) is 0 Å². The van der Waals surface area contributed by atoms with Crippen LogP contribution < -0.4 is 0 Å². The van der Waals surface area contributed by atoms with Crippen LogP contribution in [-0.2, 0) is 19.0 Å². The predicted molar refractivity (Wildman–Crippen MR) is 190 cm³/mol. The van der Waals surface area contributed by atoms with Crippen LogP contribution in [0.4, 0.5) is 0 Å². The summed E-state index contributed by atoms with van der Waals surface area (Å²) in [5.41, 5.74) is 0. The number of carbonyl (C=O) groups is 1. The van der Waals surface area contributed by atoms with Crippen molar-refractivity contribution in [3.8, 4) is 0 Å². The number of aliphatic hydroxyl groups excluding tert-OH is 4. The summed E-state index contributed by atoms with van der Waals surface area (Å²) in [5.74, 6) is -1.13. The molecule has 0 saturated carbocycles. The van der Waals surface area contributed by atoms with E-state index < -0.39 is 48.7 Å². The maximum Gasteiger partial charge on any atom is 0.311 e. The lowest BCUT2D eigenvalue weighted by atomic mass is 9.91. The Morgan fingerprint density at radius 3 is 1.36 bits per heavy atom. The second-order valence-electron chi connectivity index (χ2n) is 14.3. The first-order valence-corrected chi connectivity index (χ1v) is 19.9. The fourth-order valence-corrected chi connectivity index (χ4v) is 6.77. The van der Waals surface area contributed by atoms with Crippen LogP contribution in [0.1, 0.15) is 187 Å². The van der Waals surface area contributed by atoms with Gasteiger partial charge in [-0.2, -0.15) is 0 Å². The standard InChI is InChI=1S/C39H76O8/c1-4-6-8-10-12-14-16-18-20-22-24-26-28-30-33(40)32(29-27-25-23-21-19-17-15-13-11-9-7-5-2)38(44)46-31-34-35(41)36(42)37(43)39(45-3)47-34/h32-37,39-43H,4-31H2,1-3H3/t32-,33-,34-,35-,36+,37-,39+/m1/s1. The third kappa shape index (κ3) is 21.1. The van der Waals surface area contributed by atoms with Gasteiger partial charge in [0, 0.05) is 7.11 Å². The molecule has 0 aromatic carbocycles. The molecule has 1 saturated heterocycles. The largest absolute Gasteiger partial charge is 0.463 e. The monoisotopic (exact) mass is 673 g/mol. The van der Waals surface area contributed by atoms with Crippen LogP contribution in [0.25, 0.3) is 0 Å². The van der Waals surface area contributed by atoms with Crippen LogP contribution in [-0.4, -0.2) is 76.9 Å². The van der Waals surface area contributed by atoms with Crippen LogP contribution >= 0.6 is 0 Å².